The molecular weight excluding hydrogens is 418 g/mol. The van der Waals surface area contributed by atoms with Crippen molar-refractivity contribution in [3.05, 3.63) is 47.5 Å². The van der Waals surface area contributed by atoms with Gasteiger partial charge in [0.1, 0.15) is 5.75 Å². The van der Waals surface area contributed by atoms with Crippen LogP contribution in [0.3, 0.4) is 0 Å². The van der Waals surface area contributed by atoms with Crippen molar-refractivity contribution in [2.75, 3.05) is 24.3 Å². The van der Waals surface area contributed by atoms with Crippen LogP contribution >= 0.6 is 22.7 Å². The number of nitrogens with zero attached hydrogens (tertiary/aromatic N) is 4. The fraction of sp³-hybridized carbons (Fsp3) is 0.238. The summed E-state index contributed by atoms with van der Waals surface area (Å²) in [5, 5.41) is 10.3. The Labute approximate surface area is 182 Å². The number of likely N-dealkylation sites (N-methyl/N-ethyl adjacent to an activating group) is 1. The first kappa shape index (κ1) is 20.2. The van der Waals surface area contributed by atoms with Crippen LogP contribution in [0.15, 0.2) is 36.4 Å². The summed E-state index contributed by atoms with van der Waals surface area (Å²) < 4.78 is 6.72. The summed E-state index contributed by atoms with van der Waals surface area (Å²) in [6, 6.07) is 11.7. The number of anilines is 2. The molecule has 0 unspecified atom stereocenters. The number of aromatic nitrogens is 3. The third kappa shape index (κ3) is 4.12. The summed E-state index contributed by atoms with van der Waals surface area (Å²) in [6.45, 7) is 4.53. The molecule has 9 heteroatoms. The maximum absolute atomic E-state index is 12.8. The molecule has 0 aliphatic rings. The Balaban J connectivity index is 1.53. The normalized spacial score (nSPS) is 11.0. The number of thiazole rings is 1. The standard InChI is InChI=1S/C21H21N5O2S2/c1-4-28-16-9-12(2)5-7-14(16)19-24-25-21(30-19)26(3)18(27)11-13-6-8-15-17(10-13)29-20(22)23-15/h5-10H,4,11H2,1-3H3,(H2,22,23). The second kappa shape index (κ2) is 8.37. The van der Waals surface area contributed by atoms with Gasteiger partial charge in [0.25, 0.3) is 0 Å². The molecule has 7 nitrogen and oxygen atoms in total. The summed E-state index contributed by atoms with van der Waals surface area (Å²) in [7, 11) is 1.72. The average Bonchev–Trinajstić information content (AvgIpc) is 3.33. The molecule has 4 aromatic rings. The minimum absolute atomic E-state index is 0.0662. The van der Waals surface area contributed by atoms with Gasteiger partial charge in [-0.05, 0) is 49.2 Å². The van der Waals surface area contributed by atoms with Crippen molar-refractivity contribution < 1.29 is 9.53 Å². The van der Waals surface area contributed by atoms with Crippen molar-refractivity contribution in [1.82, 2.24) is 15.2 Å². The van der Waals surface area contributed by atoms with Crippen LogP contribution in [0.4, 0.5) is 10.3 Å². The fourth-order valence-electron chi connectivity index (χ4n) is 3.04. The van der Waals surface area contributed by atoms with Crippen LogP contribution in [0.25, 0.3) is 20.8 Å². The molecule has 0 radical (unpaired) electrons. The minimum atomic E-state index is -0.0662. The quantitative estimate of drug-likeness (QED) is 0.481. The molecule has 2 heterocycles. The molecule has 4 rings (SSSR count). The van der Waals surface area contributed by atoms with E-state index in [2.05, 4.69) is 15.2 Å². The molecule has 0 aliphatic carbocycles. The van der Waals surface area contributed by atoms with E-state index in [-0.39, 0.29) is 12.3 Å². The highest BCUT2D eigenvalue weighted by atomic mass is 32.1. The van der Waals surface area contributed by atoms with Crippen molar-refractivity contribution in [3.8, 4) is 16.3 Å². The number of amides is 1. The van der Waals surface area contributed by atoms with Gasteiger partial charge in [0.2, 0.25) is 11.0 Å². The highest BCUT2D eigenvalue weighted by Gasteiger charge is 2.19. The molecule has 0 fully saturated rings. The first-order valence-electron chi connectivity index (χ1n) is 9.43. The van der Waals surface area contributed by atoms with Gasteiger partial charge in [-0.3, -0.25) is 9.69 Å². The molecule has 0 spiro atoms. The van der Waals surface area contributed by atoms with Crippen molar-refractivity contribution in [2.45, 2.75) is 20.3 Å². The van der Waals surface area contributed by atoms with E-state index in [9.17, 15) is 4.79 Å². The Morgan fingerprint density at radius 3 is 2.80 bits per heavy atom. The zero-order chi connectivity index (χ0) is 21.3. The summed E-state index contributed by atoms with van der Waals surface area (Å²) in [6.07, 6.45) is 0.258. The van der Waals surface area contributed by atoms with Crippen LogP contribution in [0.1, 0.15) is 18.1 Å². The van der Waals surface area contributed by atoms with Crippen molar-refractivity contribution >= 4 is 49.1 Å². The third-order valence-corrected chi connectivity index (χ3v) is 6.45. The van der Waals surface area contributed by atoms with Crippen LogP contribution < -0.4 is 15.4 Å². The van der Waals surface area contributed by atoms with Gasteiger partial charge in [-0.15, -0.1) is 10.2 Å². The second-order valence-electron chi connectivity index (χ2n) is 6.81. The van der Waals surface area contributed by atoms with Gasteiger partial charge >= 0.3 is 0 Å². The maximum atomic E-state index is 12.8. The second-order valence-corrected chi connectivity index (χ2v) is 8.82. The minimum Gasteiger partial charge on any atom is -0.493 e. The molecule has 30 heavy (non-hydrogen) atoms. The largest absolute Gasteiger partial charge is 0.493 e. The van der Waals surface area contributed by atoms with Gasteiger partial charge in [0, 0.05) is 7.05 Å². The fourth-order valence-corrected chi connectivity index (χ4v) is 4.69. The summed E-state index contributed by atoms with van der Waals surface area (Å²) >= 11 is 2.78. The van der Waals surface area contributed by atoms with Crippen molar-refractivity contribution in [2.24, 2.45) is 0 Å². The van der Waals surface area contributed by atoms with Crippen LogP contribution in [0, 0.1) is 6.92 Å². The topological polar surface area (TPSA) is 94.2 Å². The van der Waals surface area contributed by atoms with E-state index >= 15 is 0 Å². The molecule has 0 atom stereocenters. The van der Waals surface area contributed by atoms with E-state index in [1.54, 1.807) is 11.9 Å². The van der Waals surface area contributed by atoms with Crippen LogP contribution in [0.5, 0.6) is 5.75 Å². The Kier molecular flexibility index (Phi) is 5.65. The molecule has 154 valence electrons. The van der Waals surface area contributed by atoms with E-state index in [0.29, 0.717) is 16.9 Å². The van der Waals surface area contributed by atoms with Crippen LogP contribution in [-0.4, -0.2) is 34.7 Å². The van der Waals surface area contributed by atoms with E-state index in [1.165, 1.54) is 22.7 Å². The molecule has 1 amide bonds. The Morgan fingerprint density at radius 2 is 2.00 bits per heavy atom. The summed E-state index contributed by atoms with van der Waals surface area (Å²) in [5.41, 5.74) is 9.50. The van der Waals surface area contributed by atoms with Crippen molar-refractivity contribution in [1.29, 1.82) is 0 Å². The number of carbonyl (C=O) groups excluding carboxylic acids is 1. The number of nitrogen functional groups attached to an aromatic ring is 1. The molecule has 2 aromatic heterocycles. The number of ether oxygens (including phenoxy) is 1. The van der Waals surface area contributed by atoms with Crippen molar-refractivity contribution in [3.63, 3.8) is 0 Å². The van der Waals surface area contributed by atoms with E-state index in [4.69, 9.17) is 10.5 Å². The third-order valence-electron chi connectivity index (χ3n) is 4.57. The number of hydrogen-bond acceptors (Lipinski definition) is 8. The lowest BCUT2D eigenvalue weighted by Crippen LogP contribution is -2.27. The Morgan fingerprint density at radius 1 is 1.17 bits per heavy atom. The van der Waals surface area contributed by atoms with Gasteiger partial charge in [-0.25, -0.2) is 4.98 Å². The number of benzene rings is 2. The number of fused-ring (bicyclic) bond motifs is 1. The predicted molar refractivity (Wildman–Crippen MR) is 122 cm³/mol. The predicted octanol–water partition coefficient (Wildman–Crippen LogP) is 4.31. The summed E-state index contributed by atoms with van der Waals surface area (Å²) in [5.74, 6) is 0.704. The first-order chi connectivity index (χ1) is 14.4. The zero-order valence-electron chi connectivity index (χ0n) is 16.9. The van der Waals surface area contributed by atoms with E-state index < -0.39 is 0 Å². The Hall–Kier alpha value is -3.04. The lowest BCUT2D eigenvalue weighted by Gasteiger charge is -2.13. The Bertz CT molecular complexity index is 1220. The smallest absolute Gasteiger partial charge is 0.232 e. The SMILES string of the molecule is CCOc1cc(C)ccc1-c1nnc(N(C)C(=O)Cc2ccc3nc(N)sc3c2)s1. The first-order valence-corrected chi connectivity index (χ1v) is 11.1. The lowest BCUT2D eigenvalue weighted by molar-refractivity contribution is -0.117. The molecule has 0 aliphatic heterocycles. The van der Waals surface area contributed by atoms with Gasteiger partial charge in [0.05, 0.1) is 28.8 Å². The molecule has 2 aromatic carbocycles. The van der Waals surface area contributed by atoms with Crippen LogP contribution in [0.2, 0.25) is 0 Å². The maximum Gasteiger partial charge on any atom is 0.232 e. The van der Waals surface area contributed by atoms with Gasteiger partial charge in [0.15, 0.2) is 10.1 Å². The highest BCUT2D eigenvalue weighted by Crippen LogP contribution is 2.35. The molecular formula is C21H21N5O2S2. The van der Waals surface area contributed by atoms with E-state index in [0.717, 1.165) is 37.7 Å². The average molecular weight is 440 g/mol. The lowest BCUT2D eigenvalue weighted by atomic mass is 10.1. The number of rotatable bonds is 6. The number of hydrogen-bond donors (Lipinski definition) is 1. The summed E-state index contributed by atoms with van der Waals surface area (Å²) in [4.78, 5) is 18.6. The zero-order valence-corrected chi connectivity index (χ0v) is 18.5. The molecule has 0 bridgehead atoms. The monoisotopic (exact) mass is 439 g/mol. The highest BCUT2D eigenvalue weighted by molar-refractivity contribution is 7.22. The number of nitrogens with two attached hydrogens (primary N) is 1. The molecule has 0 saturated heterocycles. The van der Waals surface area contributed by atoms with Crippen LogP contribution in [-0.2, 0) is 11.2 Å². The van der Waals surface area contributed by atoms with Gasteiger partial charge < -0.3 is 10.5 Å². The van der Waals surface area contributed by atoms with Gasteiger partial charge in [-0.1, -0.05) is 34.8 Å². The molecule has 0 saturated carbocycles. The number of carbonyl (C=O) groups is 1. The molecule has 2 N–H and O–H groups in total. The number of aryl methyl sites for hydroxylation is 1. The van der Waals surface area contributed by atoms with E-state index in [1.807, 2.05) is 50.2 Å². The van der Waals surface area contributed by atoms with Gasteiger partial charge in [-0.2, -0.15) is 0 Å².